The van der Waals surface area contributed by atoms with Gasteiger partial charge in [-0.3, -0.25) is 0 Å². The normalized spacial score (nSPS) is 14.5. The maximum atomic E-state index is 10.8. The zero-order valence-electron chi connectivity index (χ0n) is 26.8. The summed E-state index contributed by atoms with van der Waals surface area (Å²) in [6.07, 6.45) is 24.7. The quantitative estimate of drug-likeness (QED) is 0.181. The zero-order chi connectivity index (χ0) is 30.4. The van der Waals surface area contributed by atoms with Crippen LogP contribution in [-0.2, 0) is 6.42 Å². The van der Waals surface area contributed by atoms with Crippen LogP contribution in [0.2, 0.25) is 0 Å². The van der Waals surface area contributed by atoms with E-state index in [1.807, 2.05) is 31.2 Å². The lowest BCUT2D eigenvalue weighted by atomic mass is 9.95. The first-order chi connectivity index (χ1) is 19.5. The van der Waals surface area contributed by atoms with Crippen LogP contribution < -0.4 is 0 Å². The van der Waals surface area contributed by atoms with Gasteiger partial charge in [0.05, 0.1) is 0 Å². The fourth-order valence-electron chi connectivity index (χ4n) is 4.59. The molecule has 2 heteroatoms. The molecule has 0 saturated heterocycles. The Kier molecular flexibility index (Phi) is 14.2. The minimum absolute atomic E-state index is 0.257. The molecule has 2 aromatic rings. The topological polar surface area (TPSA) is 40.5 Å². The Morgan fingerprint density at radius 1 is 0.561 bits per heavy atom. The molecule has 220 valence electrons. The largest absolute Gasteiger partial charge is 0.507 e. The van der Waals surface area contributed by atoms with E-state index in [9.17, 15) is 10.2 Å². The summed E-state index contributed by atoms with van der Waals surface area (Å²) in [5, 5.41) is 22.9. The predicted molar refractivity (Wildman–Crippen MR) is 181 cm³/mol. The monoisotopic (exact) mass is 552 g/mol. The number of phenols is 2. The molecule has 0 radical (unpaired) electrons. The van der Waals surface area contributed by atoms with Gasteiger partial charge in [0.2, 0.25) is 0 Å². The Labute approximate surface area is 249 Å². The van der Waals surface area contributed by atoms with E-state index in [2.05, 4.69) is 97.1 Å². The predicted octanol–water partition coefficient (Wildman–Crippen LogP) is 11.7. The van der Waals surface area contributed by atoms with E-state index in [-0.39, 0.29) is 11.5 Å². The Bertz CT molecular complexity index is 1390. The van der Waals surface area contributed by atoms with Crippen LogP contribution in [0.5, 0.6) is 11.5 Å². The van der Waals surface area contributed by atoms with Crippen LogP contribution in [-0.4, -0.2) is 10.2 Å². The molecule has 0 aliphatic carbocycles. The number of hydrogen-bond acceptors (Lipinski definition) is 2. The molecule has 0 aromatic heterocycles. The summed E-state index contributed by atoms with van der Waals surface area (Å²) >= 11 is 0. The first-order valence-electron chi connectivity index (χ1n) is 15.0. The minimum atomic E-state index is 0.257. The number of rotatable bonds is 14. The lowest BCUT2D eigenvalue weighted by Gasteiger charge is -2.13. The minimum Gasteiger partial charge on any atom is -0.507 e. The number of aromatic hydroxyl groups is 2. The number of allylic oxidation sites excluding steroid dienone is 14. The first kappa shape index (κ1) is 33.7. The third-order valence-electron chi connectivity index (χ3n) is 7.72. The fraction of sp³-hybridized carbons (Fsp3) is 0.385. The van der Waals surface area contributed by atoms with Gasteiger partial charge >= 0.3 is 0 Å². The van der Waals surface area contributed by atoms with Gasteiger partial charge in [-0.2, -0.15) is 0 Å². The van der Waals surface area contributed by atoms with Gasteiger partial charge in [0.1, 0.15) is 11.5 Å². The third-order valence-corrected chi connectivity index (χ3v) is 7.72. The molecule has 0 amide bonds. The molecule has 0 atom stereocenters. The molecule has 0 bridgehead atoms. The van der Waals surface area contributed by atoms with Crippen LogP contribution in [0.15, 0.2) is 106 Å². The lowest BCUT2D eigenvalue weighted by Crippen LogP contribution is -1.92. The Morgan fingerprint density at radius 3 is 1.34 bits per heavy atom. The SMILES string of the molecule is C/C=C\C/C(C)=C/C/C(C)=C/C/C(C)=C/C/C(C)=C/C/C(C)=C/C/C(C)=C/Cc1c(C)c(O)c2ccccc2c1O. The van der Waals surface area contributed by atoms with Crippen molar-refractivity contribution in [3.8, 4) is 11.5 Å². The van der Waals surface area contributed by atoms with Crippen LogP contribution in [0.1, 0.15) is 98.1 Å². The fourth-order valence-corrected chi connectivity index (χ4v) is 4.59. The molecule has 0 aliphatic rings. The van der Waals surface area contributed by atoms with Crippen molar-refractivity contribution in [2.45, 2.75) is 100 Å². The van der Waals surface area contributed by atoms with Crippen molar-refractivity contribution >= 4 is 10.8 Å². The van der Waals surface area contributed by atoms with Crippen LogP contribution in [0.4, 0.5) is 0 Å². The highest BCUT2D eigenvalue weighted by Gasteiger charge is 2.14. The summed E-state index contributed by atoms with van der Waals surface area (Å²) in [7, 11) is 0. The molecule has 2 aromatic carbocycles. The highest BCUT2D eigenvalue weighted by atomic mass is 16.3. The van der Waals surface area contributed by atoms with Gasteiger partial charge < -0.3 is 10.2 Å². The van der Waals surface area contributed by atoms with E-state index in [4.69, 9.17) is 0 Å². The maximum absolute atomic E-state index is 10.8. The standard InChI is InChI=1S/C39H52O2/c1-9-10-13-28(2)16-17-29(3)18-19-30(4)20-21-31(5)22-23-32(6)24-25-33(7)26-27-35-34(8)38(40)36-14-11-12-15-37(36)39(35)41/h9-12,14-16,18,20,22,24,26,40-41H,13,17,19,21,23,25,27H2,1-8H3/b10-9-,28-16+,29-18+,30-20+,31-22+,32-24+,33-26+. The van der Waals surface area contributed by atoms with Crippen molar-refractivity contribution in [3.63, 3.8) is 0 Å². The first-order valence-corrected chi connectivity index (χ1v) is 15.0. The number of phenolic OH excluding ortho intramolecular Hbond substituents is 2. The molecule has 0 heterocycles. The molecule has 0 aliphatic heterocycles. The molecular weight excluding hydrogens is 500 g/mol. The van der Waals surface area contributed by atoms with Gasteiger partial charge in [-0.15, -0.1) is 0 Å². The molecule has 0 unspecified atom stereocenters. The van der Waals surface area contributed by atoms with Crippen LogP contribution >= 0.6 is 0 Å². The van der Waals surface area contributed by atoms with E-state index in [1.54, 1.807) is 0 Å². The summed E-state index contributed by atoms with van der Waals surface area (Å²) in [5.74, 6) is 0.526. The number of hydrogen-bond donors (Lipinski definition) is 2. The summed E-state index contributed by atoms with van der Waals surface area (Å²) in [6, 6.07) is 7.46. The molecular formula is C39H52O2. The van der Waals surface area contributed by atoms with E-state index >= 15 is 0 Å². The number of fused-ring (bicyclic) bond motifs is 1. The highest BCUT2D eigenvalue weighted by Crippen LogP contribution is 2.39. The molecule has 41 heavy (non-hydrogen) atoms. The molecule has 2 rings (SSSR count). The summed E-state index contributed by atoms with van der Waals surface area (Å²) in [4.78, 5) is 0. The summed E-state index contributed by atoms with van der Waals surface area (Å²) in [5.41, 5.74) is 9.82. The third kappa shape index (κ3) is 11.5. The van der Waals surface area contributed by atoms with Crippen molar-refractivity contribution in [1.29, 1.82) is 0 Å². The van der Waals surface area contributed by atoms with Gasteiger partial charge in [-0.1, -0.05) is 106 Å². The van der Waals surface area contributed by atoms with Crippen molar-refractivity contribution in [1.82, 2.24) is 0 Å². The van der Waals surface area contributed by atoms with E-state index in [0.29, 0.717) is 17.2 Å². The van der Waals surface area contributed by atoms with Crippen molar-refractivity contribution < 1.29 is 10.2 Å². The highest BCUT2D eigenvalue weighted by molar-refractivity contribution is 5.95. The van der Waals surface area contributed by atoms with Crippen molar-refractivity contribution in [2.75, 3.05) is 0 Å². The second-order valence-electron chi connectivity index (χ2n) is 11.6. The molecule has 2 N–H and O–H groups in total. The van der Waals surface area contributed by atoms with Gasteiger partial charge in [0.15, 0.2) is 0 Å². The Hall–Kier alpha value is -3.52. The van der Waals surface area contributed by atoms with Crippen LogP contribution in [0.25, 0.3) is 10.8 Å². The lowest BCUT2D eigenvalue weighted by molar-refractivity contribution is 0.461. The van der Waals surface area contributed by atoms with E-state index in [1.165, 1.54) is 33.4 Å². The Morgan fingerprint density at radius 2 is 0.927 bits per heavy atom. The molecule has 0 saturated carbocycles. The smallest absolute Gasteiger partial charge is 0.127 e. The van der Waals surface area contributed by atoms with E-state index < -0.39 is 0 Å². The van der Waals surface area contributed by atoms with E-state index in [0.717, 1.165) is 49.7 Å². The number of benzene rings is 2. The second kappa shape index (κ2) is 17.3. The molecule has 0 fully saturated rings. The maximum Gasteiger partial charge on any atom is 0.127 e. The van der Waals surface area contributed by atoms with Crippen molar-refractivity contribution in [3.05, 3.63) is 117 Å². The van der Waals surface area contributed by atoms with Crippen LogP contribution in [0, 0.1) is 6.92 Å². The average molecular weight is 553 g/mol. The molecule has 2 nitrogen and oxygen atoms in total. The van der Waals surface area contributed by atoms with Crippen LogP contribution in [0.3, 0.4) is 0 Å². The Balaban J connectivity index is 1.87. The van der Waals surface area contributed by atoms with Gasteiger partial charge in [-0.05, 0) is 106 Å². The second-order valence-corrected chi connectivity index (χ2v) is 11.6. The van der Waals surface area contributed by atoms with Gasteiger partial charge in [-0.25, -0.2) is 0 Å². The van der Waals surface area contributed by atoms with Gasteiger partial charge in [0, 0.05) is 16.3 Å². The molecule has 0 spiro atoms. The zero-order valence-corrected chi connectivity index (χ0v) is 26.8. The van der Waals surface area contributed by atoms with Crippen molar-refractivity contribution in [2.24, 2.45) is 0 Å². The van der Waals surface area contributed by atoms with Gasteiger partial charge in [0.25, 0.3) is 0 Å². The average Bonchev–Trinajstić information content (AvgIpc) is 2.97. The summed E-state index contributed by atoms with van der Waals surface area (Å²) < 4.78 is 0. The summed E-state index contributed by atoms with van der Waals surface area (Å²) in [6.45, 7) is 17.1.